The van der Waals surface area contributed by atoms with Crippen molar-refractivity contribution in [2.24, 2.45) is 17.8 Å². The van der Waals surface area contributed by atoms with Gasteiger partial charge in [0.25, 0.3) is 5.91 Å². The normalized spacial score (nSPS) is 22.6. The maximum atomic E-state index is 13.2. The van der Waals surface area contributed by atoms with E-state index >= 15 is 0 Å². The third-order valence-electron chi connectivity index (χ3n) is 5.88. The van der Waals surface area contributed by atoms with Crippen molar-refractivity contribution in [1.82, 2.24) is 20.9 Å². The topological polar surface area (TPSA) is 109 Å². The zero-order valence-electron chi connectivity index (χ0n) is 18.6. The Morgan fingerprint density at radius 1 is 1.19 bits per heavy atom. The van der Waals surface area contributed by atoms with Gasteiger partial charge in [0.05, 0.1) is 25.7 Å². The highest BCUT2D eigenvalue weighted by Crippen LogP contribution is 2.34. The van der Waals surface area contributed by atoms with Gasteiger partial charge in [-0.05, 0) is 43.9 Å². The van der Waals surface area contributed by atoms with Gasteiger partial charge in [0.15, 0.2) is 11.5 Å². The van der Waals surface area contributed by atoms with E-state index in [0.29, 0.717) is 36.7 Å². The Balaban J connectivity index is 1.69. The fourth-order valence-corrected chi connectivity index (χ4v) is 4.32. The van der Waals surface area contributed by atoms with Gasteiger partial charge >= 0.3 is 0 Å². The van der Waals surface area contributed by atoms with Crippen LogP contribution in [0.2, 0.25) is 0 Å². The van der Waals surface area contributed by atoms with Gasteiger partial charge < -0.3 is 30.3 Å². The first-order valence-electron chi connectivity index (χ1n) is 10.7. The van der Waals surface area contributed by atoms with Gasteiger partial charge in [0.2, 0.25) is 11.8 Å². The molecule has 1 aromatic rings. The predicted octanol–water partition coefficient (Wildman–Crippen LogP) is 0.252. The van der Waals surface area contributed by atoms with Crippen LogP contribution in [-0.2, 0) is 9.59 Å². The molecule has 3 rings (SSSR count). The number of likely N-dealkylation sites (N-methyl/N-ethyl adjacent to an activating group) is 1. The first kappa shape index (κ1) is 22.9. The number of benzene rings is 1. The van der Waals surface area contributed by atoms with Crippen molar-refractivity contribution >= 4 is 17.7 Å². The van der Waals surface area contributed by atoms with E-state index in [9.17, 15) is 14.4 Å². The summed E-state index contributed by atoms with van der Waals surface area (Å²) in [4.78, 5) is 39.1. The molecule has 9 nitrogen and oxygen atoms in total. The molecule has 2 heterocycles. The number of piperidine rings is 1. The lowest BCUT2D eigenvalue weighted by Gasteiger charge is -2.32. The van der Waals surface area contributed by atoms with Gasteiger partial charge in [0, 0.05) is 38.8 Å². The van der Waals surface area contributed by atoms with E-state index < -0.39 is 0 Å². The Morgan fingerprint density at radius 3 is 2.65 bits per heavy atom. The molecule has 3 amide bonds. The Morgan fingerprint density at radius 2 is 1.97 bits per heavy atom. The van der Waals surface area contributed by atoms with Crippen LogP contribution in [0.15, 0.2) is 18.2 Å². The van der Waals surface area contributed by atoms with Crippen LogP contribution in [0.5, 0.6) is 11.5 Å². The molecule has 0 aliphatic carbocycles. The van der Waals surface area contributed by atoms with Crippen LogP contribution in [0.25, 0.3) is 0 Å². The molecule has 3 N–H and O–H groups in total. The van der Waals surface area contributed by atoms with Crippen LogP contribution in [0.4, 0.5) is 0 Å². The fourth-order valence-electron chi connectivity index (χ4n) is 4.32. The van der Waals surface area contributed by atoms with Gasteiger partial charge in [-0.2, -0.15) is 0 Å². The second kappa shape index (κ2) is 10.00. The number of rotatable bonds is 7. The van der Waals surface area contributed by atoms with E-state index in [1.54, 1.807) is 30.2 Å². The van der Waals surface area contributed by atoms with E-state index in [-0.39, 0.29) is 48.1 Å². The molecule has 0 radical (unpaired) electrons. The number of carbonyl (C=O) groups is 3. The molecule has 0 saturated carbocycles. The van der Waals surface area contributed by atoms with E-state index in [2.05, 4.69) is 16.0 Å². The van der Waals surface area contributed by atoms with Gasteiger partial charge in [-0.15, -0.1) is 0 Å². The van der Waals surface area contributed by atoms with Crippen molar-refractivity contribution in [3.8, 4) is 11.5 Å². The van der Waals surface area contributed by atoms with Gasteiger partial charge in [-0.25, -0.2) is 0 Å². The molecule has 3 atom stereocenters. The highest BCUT2D eigenvalue weighted by atomic mass is 16.5. The summed E-state index contributed by atoms with van der Waals surface area (Å²) in [6, 6.07) is 5.20. The second-order valence-electron chi connectivity index (χ2n) is 8.32. The maximum Gasteiger partial charge on any atom is 0.254 e. The molecule has 2 aliphatic rings. The summed E-state index contributed by atoms with van der Waals surface area (Å²) >= 11 is 0. The first-order valence-corrected chi connectivity index (χ1v) is 10.7. The smallest absolute Gasteiger partial charge is 0.254 e. The quantitative estimate of drug-likeness (QED) is 0.570. The number of likely N-dealkylation sites (tertiary alicyclic amines) is 1. The summed E-state index contributed by atoms with van der Waals surface area (Å²) in [5.74, 6) is 0.600. The Kier molecular flexibility index (Phi) is 7.37. The van der Waals surface area contributed by atoms with Crippen molar-refractivity contribution in [3.63, 3.8) is 0 Å². The second-order valence-corrected chi connectivity index (χ2v) is 8.32. The summed E-state index contributed by atoms with van der Waals surface area (Å²) in [5.41, 5.74) is 0.528. The van der Waals surface area contributed by atoms with Gasteiger partial charge in [-0.3, -0.25) is 14.4 Å². The minimum Gasteiger partial charge on any atom is -0.493 e. The molecule has 9 heteroatoms. The fraction of sp³-hybridized carbons (Fsp3) is 0.591. The van der Waals surface area contributed by atoms with Gasteiger partial charge in [-0.1, -0.05) is 0 Å². The van der Waals surface area contributed by atoms with Crippen LogP contribution < -0.4 is 25.4 Å². The predicted molar refractivity (Wildman–Crippen MR) is 115 cm³/mol. The molecule has 0 spiro atoms. The third-order valence-corrected chi connectivity index (χ3v) is 5.88. The van der Waals surface area contributed by atoms with Gasteiger partial charge in [0.1, 0.15) is 0 Å². The maximum absolute atomic E-state index is 13.2. The lowest BCUT2D eigenvalue weighted by atomic mass is 9.80. The number of hydrogen-bond donors (Lipinski definition) is 3. The van der Waals surface area contributed by atoms with Crippen molar-refractivity contribution in [2.45, 2.75) is 20.0 Å². The van der Waals surface area contributed by atoms with Crippen molar-refractivity contribution in [1.29, 1.82) is 0 Å². The number of carbonyl (C=O) groups excluding carboxylic acids is 3. The third kappa shape index (κ3) is 5.28. The molecule has 31 heavy (non-hydrogen) atoms. The van der Waals surface area contributed by atoms with Crippen LogP contribution in [0.3, 0.4) is 0 Å². The summed E-state index contributed by atoms with van der Waals surface area (Å²) in [5, 5.41) is 8.49. The standard InChI is InChI=1S/C22H32N4O5/c1-13(2)31-18-6-5-14(7-19(18)30-4)22(29)26-11-15-8-24-9-16(17(15)12-26)21(28)25-10-20(27)23-3/h5-7,13,15-17,24H,8-12H2,1-4H3,(H,23,27)(H,25,28). The van der Waals surface area contributed by atoms with E-state index in [4.69, 9.17) is 9.47 Å². The highest BCUT2D eigenvalue weighted by molar-refractivity contribution is 5.95. The Hall–Kier alpha value is -2.81. The minimum atomic E-state index is -0.280. The largest absolute Gasteiger partial charge is 0.493 e. The van der Waals surface area contributed by atoms with Crippen molar-refractivity contribution < 1.29 is 23.9 Å². The molecule has 2 saturated heterocycles. The Labute approximate surface area is 182 Å². The number of nitrogens with zero attached hydrogens (tertiary/aromatic N) is 1. The average molecular weight is 433 g/mol. The summed E-state index contributed by atoms with van der Waals surface area (Å²) < 4.78 is 11.1. The van der Waals surface area contributed by atoms with Crippen LogP contribution in [0, 0.1) is 17.8 Å². The lowest BCUT2D eigenvalue weighted by Crippen LogP contribution is -2.50. The summed E-state index contributed by atoms with van der Waals surface area (Å²) in [6.07, 6.45) is -0.00357. The molecule has 2 fully saturated rings. The van der Waals surface area contributed by atoms with Crippen molar-refractivity contribution in [3.05, 3.63) is 23.8 Å². The lowest BCUT2D eigenvalue weighted by molar-refractivity contribution is -0.130. The highest BCUT2D eigenvalue weighted by Gasteiger charge is 2.44. The zero-order valence-corrected chi connectivity index (χ0v) is 18.6. The molecule has 170 valence electrons. The van der Waals surface area contributed by atoms with Crippen LogP contribution in [0.1, 0.15) is 24.2 Å². The summed E-state index contributed by atoms with van der Waals surface area (Å²) in [7, 11) is 3.08. The molecule has 0 bridgehead atoms. The SMILES string of the molecule is CNC(=O)CNC(=O)C1CNCC2CN(C(=O)c3ccc(OC(C)C)c(OC)c3)CC21. The number of ether oxygens (including phenoxy) is 2. The van der Waals surface area contributed by atoms with E-state index in [1.165, 1.54) is 7.05 Å². The molecule has 3 unspecified atom stereocenters. The first-order chi connectivity index (χ1) is 14.8. The minimum absolute atomic E-state index is 0.00357. The number of methoxy groups -OCH3 is 1. The molecule has 0 aromatic heterocycles. The molecular weight excluding hydrogens is 400 g/mol. The average Bonchev–Trinajstić information content (AvgIpc) is 3.20. The number of amides is 3. The number of fused-ring (bicyclic) bond motifs is 1. The van der Waals surface area contributed by atoms with E-state index in [1.807, 2.05) is 13.8 Å². The molecule has 1 aromatic carbocycles. The zero-order chi connectivity index (χ0) is 22.5. The number of nitrogens with one attached hydrogen (secondary N) is 3. The Bertz CT molecular complexity index is 828. The van der Waals surface area contributed by atoms with Crippen LogP contribution >= 0.6 is 0 Å². The number of hydrogen-bond acceptors (Lipinski definition) is 6. The van der Waals surface area contributed by atoms with Crippen LogP contribution in [-0.4, -0.2) is 75.6 Å². The van der Waals surface area contributed by atoms with Crippen molar-refractivity contribution in [2.75, 3.05) is 46.9 Å². The monoisotopic (exact) mass is 432 g/mol. The summed E-state index contributed by atoms with van der Waals surface area (Å²) in [6.45, 7) is 6.21. The van der Waals surface area contributed by atoms with E-state index in [0.717, 1.165) is 6.54 Å². The molecule has 2 aliphatic heterocycles. The molecular formula is C22H32N4O5.